The number of nitrogens with zero attached hydrogens (tertiary/aromatic N) is 3. The van der Waals surface area contributed by atoms with Crippen molar-refractivity contribution in [1.29, 1.82) is 0 Å². The molecule has 5 aromatic carbocycles. The molecule has 0 saturated heterocycles. The molecule has 0 amide bonds. The van der Waals surface area contributed by atoms with Crippen molar-refractivity contribution in [3.8, 4) is 45.3 Å². The van der Waals surface area contributed by atoms with Crippen LogP contribution in [0.25, 0.3) is 67.2 Å². The van der Waals surface area contributed by atoms with E-state index in [1.807, 2.05) is 97.1 Å². The minimum Gasteiger partial charge on any atom is -0.455 e. The van der Waals surface area contributed by atoms with E-state index in [-0.39, 0.29) is 27.3 Å². The summed E-state index contributed by atoms with van der Waals surface area (Å²) in [4.78, 5) is 14.6. The summed E-state index contributed by atoms with van der Waals surface area (Å²) in [7, 11) is 30.9. The third kappa shape index (κ3) is 4.28. The summed E-state index contributed by atoms with van der Waals surface area (Å²) in [6, 6.07) is 31.3. The predicted molar refractivity (Wildman–Crippen MR) is 176 cm³/mol. The molecular weight excluding hydrogens is 508 g/mol. The Morgan fingerprint density at radius 1 is 0.452 bits per heavy atom. The first-order valence-corrected chi connectivity index (χ1v) is 13.2. The second kappa shape index (κ2) is 10.3. The van der Waals surface area contributed by atoms with Crippen LogP contribution in [0.5, 0.6) is 0 Å². The first kappa shape index (κ1) is 26.2. The Morgan fingerprint density at radius 2 is 1.00 bits per heavy atom. The smallest absolute Gasteiger partial charge is 0.167 e. The fraction of sp³-hybridized carbons (Fsp3) is 0. The van der Waals surface area contributed by atoms with Gasteiger partial charge < -0.3 is 4.42 Å². The molecule has 9 heteroatoms. The fourth-order valence-corrected chi connectivity index (χ4v) is 5.22. The lowest BCUT2D eigenvalue weighted by Crippen LogP contribution is -2.55. The van der Waals surface area contributed by atoms with Gasteiger partial charge in [0.2, 0.25) is 0 Å². The van der Waals surface area contributed by atoms with E-state index >= 15 is 0 Å². The molecule has 0 unspecified atom stereocenters. The lowest BCUT2D eigenvalue weighted by atomic mass is 9.59. The van der Waals surface area contributed by atoms with Gasteiger partial charge in [0.25, 0.3) is 0 Å². The van der Waals surface area contributed by atoms with E-state index in [0.29, 0.717) is 39.8 Å². The van der Waals surface area contributed by atoms with E-state index in [2.05, 4.69) is 0 Å². The zero-order valence-corrected chi connectivity index (χ0v) is 22.4. The van der Waals surface area contributed by atoms with Crippen LogP contribution in [0, 0.1) is 0 Å². The molecule has 7 aromatic rings. The number of aromatic nitrogens is 3. The van der Waals surface area contributed by atoms with Gasteiger partial charge in [0.05, 0.1) is 5.56 Å². The van der Waals surface area contributed by atoms with E-state index < -0.39 is 0 Å². The molecule has 7 rings (SSSR count). The monoisotopic (exact) mass is 525 g/mol. The largest absolute Gasteiger partial charge is 0.455 e. The number of benzene rings is 5. The number of hydrogen-bond donors (Lipinski definition) is 0. The standard InChI is InChI=1S/C33H16B5N3O/c34-25-24(26(35)28(37)29(38)27(25)36)19-14-15-20-21-12-7-13-22(30(21)42-23(20)16-19)33-40-31(17-8-3-1-4-9-17)39-32(41-33)18-10-5-2-6-11-18/h1-16H. The van der Waals surface area contributed by atoms with Crippen molar-refractivity contribution in [2.75, 3.05) is 0 Å². The summed E-state index contributed by atoms with van der Waals surface area (Å²) in [5.41, 5.74) is 6.10. The summed E-state index contributed by atoms with van der Waals surface area (Å²) in [5.74, 6) is 1.64. The predicted octanol–water partition coefficient (Wildman–Crippen LogP) is 2.41. The van der Waals surface area contributed by atoms with Crippen molar-refractivity contribution >= 4 is 88.5 Å². The highest BCUT2D eigenvalue weighted by molar-refractivity contribution is 6.68. The summed E-state index contributed by atoms with van der Waals surface area (Å²) in [5, 5.41) is 1.82. The van der Waals surface area contributed by atoms with Crippen LogP contribution in [0.3, 0.4) is 0 Å². The van der Waals surface area contributed by atoms with E-state index in [9.17, 15) is 0 Å². The second-order valence-corrected chi connectivity index (χ2v) is 9.98. The highest BCUT2D eigenvalue weighted by atomic mass is 16.3. The highest BCUT2D eigenvalue weighted by Crippen LogP contribution is 2.37. The Morgan fingerprint density at radius 3 is 1.60 bits per heavy atom. The van der Waals surface area contributed by atoms with E-state index in [0.717, 1.165) is 27.5 Å². The first-order chi connectivity index (χ1) is 20.4. The Kier molecular flexibility index (Phi) is 6.39. The Balaban J connectivity index is 1.44. The minimum atomic E-state index is 0.172. The van der Waals surface area contributed by atoms with Crippen LogP contribution in [0.4, 0.5) is 0 Å². The highest BCUT2D eigenvalue weighted by Gasteiger charge is 2.19. The van der Waals surface area contributed by atoms with Crippen LogP contribution in [0.2, 0.25) is 0 Å². The Labute approximate surface area is 249 Å². The van der Waals surface area contributed by atoms with Gasteiger partial charge in [0.15, 0.2) is 17.5 Å². The third-order valence-electron chi connectivity index (χ3n) is 7.43. The van der Waals surface area contributed by atoms with Gasteiger partial charge in [-0.25, -0.2) is 15.0 Å². The average Bonchev–Trinajstić information content (AvgIpc) is 3.42. The first-order valence-electron chi connectivity index (χ1n) is 13.2. The van der Waals surface area contributed by atoms with Crippen LogP contribution in [-0.4, -0.2) is 54.2 Å². The van der Waals surface area contributed by atoms with Gasteiger partial charge in [-0.3, -0.25) is 0 Å². The quantitative estimate of drug-likeness (QED) is 0.332. The molecule has 2 heterocycles. The summed E-state index contributed by atoms with van der Waals surface area (Å²) < 4.78 is 6.49. The zero-order valence-electron chi connectivity index (χ0n) is 22.4. The lowest BCUT2D eigenvalue weighted by molar-refractivity contribution is 0.669. The maximum absolute atomic E-state index is 6.49. The zero-order chi connectivity index (χ0) is 29.0. The van der Waals surface area contributed by atoms with E-state index in [1.165, 1.54) is 0 Å². The van der Waals surface area contributed by atoms with Crippen molar-refractivity contribution in [2.45, 2.75) is 0 Å². The number of rotatable bonds is 4. The van der Waals surface area contributed by atoms with E-state index in [4.69, 9.17) is 58.6 Å². The van der Waals surface area contributed by atoms with Gasteiger partial charge in [0, 0.05) is 21.9 Å². The van der Waals surface area contributed by atoms with Crippen LogP contribution >= 0.6 is 0 Å². The number of para-hydroxylation sites is 1. The molecule has 0 bridgehead atoms. The van der Waals surface area contributed by atoms with Gasteiger partial charge in [-0.15, -0.1) is 16.4 Å². The van der Waals surface area contributed by atoms with E-state index in [1.54, 1.807) is 0 Å². The molecule has 0 saturated carbocycles. The molecule has 0 aliphatic heterocycles. The fourth-order valence-electron chi connectivity index (χ4n) is 5.22. The number of fused-ring (bicyclic) bond motifs is 3. The molecule has 0 atom stereocenters. The molecule has 10 radical (unpaired) electrons. The molecule has 0 aliphatic carbocycles. The van der Waals surface area contributed by atoms with Crippen molar-refractivity contribution < 1.29 is 4.42 Å². The van der Waals surface area contributed by atoms with Gasteiger partial charge in [0.1, 0.15) is 50.4 Å². The SMILES string of the molecule is [B]c1c([B])c([B])c(-c2ccc3c(c2)oc2c(-c4nc(-c5ccccc5)nc(-c5ccccc5)n4)cccc23)c([B])c1[B]. The molecule has 4 nitrogen and oxygen atoms in total. The van der Waals surface area contributed by atoms with Crippen molar-refractivity contribution in [3.05, 3.63) is 97.1 Å². The molecule has 42 heavy (non-hydrogen) atoms. The maximum atomic E-state index is 6.49. The minimum absolute atomic E-state index is 0.172. The average molecular weight is 525 g/mol. The number of furan rings is 1. The molecule has 0 aliphatic rings. The molecule has 0 N–H and O–H groups in total. The van der Waals surface area contributed by atoms with Gasteiger partial charge in [-0.2, -0.15) is 0 Å². The van der Waals surface area contributed by atoms with Crippen molar-refractivity contribution in [3.63, 3.8) is 0 Å². The topological polar surface area (TPSA) is 51.8 Å². The van der Waals surface area contributed by atoms with Gasteiger partial charge in [-0.05, 0) is 29.3 Å². The van der Waals surface area contributed by atoms with Gasteiger partial charge >= 0.3 is 0 Å². The maximum Gasteiger partial charge on any atom is 0.167 e. The molecule has 0 spiro atoms. The summed E-state index contributed by atoms with van der Waals surface area (Å²) in [6.45, 7) is 0. The van der Waals surface area contributed by atoms with Gasteiger partial charge in [-0.1, -0.05) is 89.8 Å². The summed E-state index contributed by atoms with van der Waals surface area (Å²) >= 11 is 0. The molecule has 184 valence electrons. The second-order valence-electron chi connectivity index (χ2n) is 9.98. The molecular formula is C33H16B5N3O. The Bertz CT molecular complexity index is 2060. The van der Waals surface area contributed by atoms with Crippen LogP contribution < -0.4 is 27.3 Å². The normalized spacial score (nSPS) is 11.3. The molecule has 2 aromatic heterocycles. The van der Waals surface area contributed by atoms with Crippen LogP contribution in [0.15, 0.2) is 101 Å². The van der Waals surface area contributed by atoms with Crippen LogP contribution in [-0.2, 0) is 0 Å². The summed E-state index contributed by atoms with van der Waals surface area (Å²) in [6.07, 6.45) is 0. The third-order valence-corrected chi connectivity index (χ3v) is 7.43. The Hall–Kier alpha value is -4.77. The lowest BCUT2D eigenvalue weighted by Gasteiger charge is -2.21. The van der Waals surface area contributed by atoms with Crippen molar-refractivity contribution in [1.82, 2.24) is 15.0 Å². The molecule has 0 fully saturated rings. The van der Waals surface area contributed by atoms with Crippen LogP contribution in [0.1, 0.15) is 0 Å². The number of hydrogen-bond acceptors (Lipinski definition) is 4. The van der Waals surface area contributed by atoms with Crippen molar-refractivity contribution in [2.24, 2.45) is 0 Å².